The van der Waals surface area contributed by atoms with Gasteiger partial charge in [0.2, 0.25) is 0 Å². The standard InChI is InChI=1S/C26H12F8/c27-19-11-18(24(31)26(33)34)12-20(28)23(19)16-7-5-14(6-8-16)13-1-3-15(4-2-13)17-9-21(29)25(32)22(30)10-17/h1-12H. The van der Waals surface area contributed by atoms with Crippen LogP contribution in [0.1, 0.15) is 5.56 Å². The van der Waals surface area contributed by atoms with Crippen LogP contribution in [0.2, 0.25) is 0 Å². The number of hydrogen-bond donors (Lipinski definition) is 0. The zero-order valence-corrected chi connectivity index (χ0v) is 17.0. The van der Waals surface area contributed by atoms with Gasteiger partial charge in [0.05, 0.1) is 5.56 Å². The van der Waals surface area contributed by atoms with E-state index >= 15 is 0 Å². The minimum Gasteiger partial charge on any atom is -0.206 e. The third-order valence-corrected chi connectivity index (χ3v) is 5.17. The molecule has 0 fully saturated rings. The third-order valence-electron chi connectivity index (χ3n) is 5.17. The molecule has 0 aliphatic heterocycles. The van der Waals surface area contributed by atoms with Crippen molar-refractivity contribution in [3.05, 3.63) is 114 Å². The maximum atomic E-state index is 14.4. The molecule has 0 bridgehead atoms. The summed E-state index contributed by atoms with van der Waals surface area (Å²) in [5.74, 6) is -8.59. The Morgan fingerprint density at radius 3 is 1.24 bits per heavy atom. The van der Waals surface area contributed by atoms with E-state index in [9.17, 15) is 35.1 Å². The second-order valence-corrected chi connectivity index (χ2v) is 7.30. The fourth-order valence-electron chi connectivity index (χ4n) is 3.49. The molecule has 8 heteroatoms. The first-order valence-electron chi connectivity index (χ1n) is 9.71. The summed E-state index contributed by atoms with van der Waals surface area (Å²) in [5.41, 5.74) is 0.580. The van der Waals surface area contributed by atoms with Crippen LogP contribution in [-0.4, -0.2) is 0 Å². The summed E-state index contributed by atoms with van der Waals surface area (Å²) < 4.78 is 107. The molecule has 0 N–H and O–H groups in total. The van der Waals surface area contributed by atoms with Gasteiger partial charge in [-0.25, -0.2) is 26.3 Å². The quantitative estimate of drug-likeness (QED) is 0.204. The SMILES string of the molecule is FC(F)=C(F)c1cc(F)c(-c2ccc(-c3ccc(-c4cc(F)c(F)c(F)c4)cc3)cc2)c(F)c1. The van der Waals surface area contributed by atoms with Gasteiger partial charge in [0.15, 0.2) is 23.3 Å². The molecule has 4 aromatic rings. The first-order valence-corrected chi connectivity index (χ1v) is 9.71. The fraction of sp³-hybridized carbons (Fsp3) is 0. The van der Waals surface area contributed by atoms with Crippen LogP contribution in [-0.2, 0) is 0 Å². The normalized spacial score (nSPS) is 10.9. The number of rotatable bonds is 4. The summed E-state index contributed by atoms with van der Waals surface area (Å²) in [5, 5.41) is 0. The topological polar surface area (TPSA) is 0 Å². The molecule has 4 rings (SSSR count). The second kappa shape index (κ2) is 9.13. The zero-order valence-electron chi connectivity index (χ0n) is 17.0. The summed E-state index contributed by atoms with van der Waals surface area (Å²) >= 11 is 0. The lowest BCUT2D eigenvalue weighted by Crippen LogP contribution is -1.94. The molecule has 4 aromatic carbocycles. The van der Waals surface area contributed by atoms with Gasteiger partial charge < -0.3 is 0 Å². The van der Waals surface area contributed by atoms with Gasteiger partial charge in [0, 0.05) is 5.56 Å². The van der Waals surface area contributed by atoms with Gasteiger partial charge in [0.25, 0.3) is 0 Å². The molecule has 0 radical (unpaired) electrons. The van der Waals surface area contributed by atoms with E-state index in [1.54, 1.807) is 36.4 Å². The maximum Gasteiger partial charge on any atom is 0.306 e. The van der Waals surface area contributed by atoms with Crippen molar-refractivity contribution in [2.75, 3.05) is 0 Å². The van der Waals surface area contributed by atoms with Crippen molar-refractivity contribution in [2.24, 2.45) is 0 Å². The minimum atomic E-state index is -2.68. The Hall–Kier alpha value is -3.94. The van der Waals surface area contributed by atoms with Gasteiger partial charge in [-0.15, -0.1) is 0 Å². The molecule has 0 atom stereocenters. The predicted octanol–water partition coefficient (Wildman–Crippen LogP) is 8.92. The summed E-state index contributed by atoms with van der Waals surface area (Å²) in [6, 6.07) is 15.0. The predicted molar refractivity (Wildman–Crippen MR) is 113 cm³/mol. The van der Waals surface area contributed by atoms with Gasteiger partial charge in [-0.1, -0.05) is 48.5 Å². The van der Waals surface area contributed by atoms with Gasteiger partial charge >= 0.3 is 6.08 Å². The summed E-state index contributed by atoms with van der Waals surface area (Å²) in [6.07, 6.45) is -2.68. The highest BCUT2D eigenvalue weighted by Crippen LogP contribution is 2.33. The lowest BCUT2D eigenvalue weighted by Gasteiger charge is -2.10. The van der Waals surface area contributed by atoms with Crippen molar-refractivity contribution in [2.45, 2.75) is 0 Å². The Labute approximate surface area is 188 Å². The van der Waals surface area contributed by atoms with Crippen LogP contribution in [0.25, 0.3) is 39.2 Å². The lowest BCUT2D eigenvalue weighted by atomic mass is 9.97. The van der Waals surface area contributed by atoms with Crippen LogP contribution in [0.3, 0.4) is 0 Å². The molecule has 0 heterocycles. The van der Waals surface area contributed by atoms with Crippen LogP contribution in [0.4, 0.5) is 35.1 Å². The smallest absolute Gasteiger partial charge is 0.206 e. The molecule has 0 amide bonds. The van der Waals surface area contributed by atoms with E-state index in [1.807, 2.05) is 0 Å². The van der Waals surface area contributed by atoms with E-state index in [0.717, 1.165) is 12.1 Å². The largest absolute Gasteiger partial charge is 0.306 e. The van der Waals surface area contributed by atoms with E-state index in [0.29, 0.717) is 28.8 Å². The zero-order chi connectivity index (χ0) is 24.6. The molecular weight excluding hydrogens is 464 g/mol. The van der Waals surface area contributed by atoms with Gasteiger partial charge in [-0.2, -0.15) is 8.78 Å². The maximum absolute atomic E-state index is 14.4. The van der Waals surface area contributed by atoms with Crippen molar-refractivity contribution in [1.82, 2.24) is 0 Å². The summed E-state index contributed by atoms with van der Waals surface area (Å²) in [7, 11) is 0. The molecule has 0 saturated carbocycles. The van der Waals surface area contributed by atoms with Crippen LogP contribution in [0.5, 0.6) is 0 Å². The molecular formula is C26H12F8. The highest BCUT2D eigenvalue weighted by atomic mass is 19.3. The summed E-state index contributed by atoms with van der Waals surface area (Å²) in [4.78, 5) is 0. The fourth-order valence-corrected chi connectivity index (χ4v) is 3.49. The highest BCUT2D eigenvalue weighted by molar-refractivity contribution is 5.74. The van der Waals surface area contributed by atoms with E-state index in [4.69, 9.17) is 0 Å². The molecule has 0 nitrogen and oxygen atoms in total. The van der Waals surface area contributed by atoms with Crippen molar-refractivity contribution >= 4 is 5.83 Å². The lowest BCUT2D eigenvalue weighted by molar-refractivity contribution is 0.410. The van der Waals surface area contributed by atoms with Crippen molar-refractivity contribution in [3.63, 3.8) is 0 Å². The average molecular weight is 476 g/mol. The Bertz CT molecular complexity index is 1350. The number of benzene rings is 4. The van der Waals surface area contributed by atoms with Crippen molar-refractivity contribution in [3.8, 4) is 33.4 Å². The molecule has 0 aliphatic carbocycles. The van der Waals surface area contributed by atoms with E-state index in [2.05, 4.69) is 0 Å². The third kappa shape index (κ3) is 4.44. The van der Waals surface area contributed by atoms with Gasteiger partial charge in [-0.3, -0.25) is 0 Å². The molecule has 0 aromatic heterocycles. The van der Waals surface area contributed by atoms with Gasteiger partial charge in [0.1, 0.15) is 11.6 Å². The monoisotopic (exact) mass is 476 g/mol. The van der Waals surface area contributed by atoms with Crippen LogP contribution in [0.15, 0.2) is 78.9 Å². The van der Waals surface area contributed by atoms with Crippen LogP contribution in [0, 0.1) is 29.1 Å². The Morgan fingerprint density at radius 1 is 0.441 bits per heavy atom. The van der Waals surface area contributed by atoms with Crippen molar-refractivity contribution < 1.29 is 35.1 Å². The molecule has 34 heavy (non-hydrogen) atoms. The highest BCUT2D eigenvalue weighted by Gasteiger charge is 2.18. The van der Waals surface area contributed by atoms with Crippen LogP contribution >= 0.6 is 0 Å². The molecule has 0 spiro atoms. The Balaban J connectivity index is 1.62. The van der Waals surface area contributed by atoms with E-state index < -0.39 is 52.1 Å². The Morgan fingerprint density at radius 2 is 0.824 bits per heavy atom. The van der Waals surface area contributed by atoms with E-state index in [-0.39, 0.29) is 11.1 Å². The van der Waals surface area contributed by atoms with E-state index in [1.165, 1.54) is 12.1 Å². The molecule has 0 saturated heterocycles. The average Bonchev–Trinajstić information content (AvgIpc) is 2.81. The van der Waals surface area contributed by atoms with Crippen LogP contribution < -0.4 is 0 Å². The first-order chi connectivity index (χ1) is 16.2. The molecule has 0 aliphatic rings. The number of hydrogen-bond acceptors (Lipinski definition) is 0. The van der Waals surface area contributed by atoms with Gasteiger partial charge in [-0.05, 0) is 52.1 Å². The molecule has 172 valence electrons. The minimum absolute atomic E-state index is 0.101. The first kappa shape index (κ1) is 23.2. The molecule has 0 unspecified atom stereocenters. The Kier molecular flexibility index (Phi) is 6.24. The summed E-state index contributed by atoms with van der Waals surface area (Å²) in [6.45, 7) is 0. The number of halogens is 8. The second-order valence-electron chi connectivity index (χ2n) is 7.30. The van der Waals surface area contributed by atoms with Crippen molar-refractivity contribution in [1.29, 1.82) is 0 Å².